The summed E-state index contributed by atoms with van der Waals surface area (Å²) in [6, 6.07) is 6.51. The Kier molecular flexibility index (Phi) is 11.4. The van der Waals surface area contributed by atoms with Gasteiger partial charge in [0.2, 0.25) is 0 Å². The van der Waals surface area contributed by atoms with Gasteiger partial charge in [-0.2, -0.15) is 0 Å². The number of fused-ring (bicyclic) bond motifs is 1. The van der Waals surface area contributed by atoms with Crippen molar-refractivity contribution in [2.75, 3.05) is 47.1 Å². The largest absolute Gasteiger partial charge is 0.463 e. The first-order valence-electron chi connectivity index (χ1n) is 13.1. The van der Waals surface area contributed by atoms with Gasteiger partial charge in [-0.15, -0.1) is 0 Å². The van der Waals surface area contributed by atoms with Crippen molar-refractivity contribution in [1.82, 2.24) is 9.80 Å². The van der Waals surface area contributed by atoms with E-state index in [2.05, 4.69) is 0 Å². The zero-order chi connectivity index (χ0) is 31.0. The zero-order valence-corrected chi connectivity index (χ0v) is 23.9. The Bertz CT molecular complexity index is 1150. The van der Waals surface area contributed by atoms with Gasteiger partial charge in [0, 0.05) is 34.9 Å². The average Bonchev–Trinajstić information content (AvgIpc) is 3.16. The molecule has 2 heterocycles. The lowest BCUT2D eigenvalue weighted by Crippen LogP contribution is -2.63. The molecule has 1 fully saturated rings. The van der Waals surface area contributed by atoms with Crippen LogP contribution in [0.2, 0.25) is 0 Å². The molecule has 3 rings (SSSR count). The Balaban J connectivity index is 1.67. The molecule has 230 valence electrons. The van der Waals surface area contributed by atoms with E-state index in [1.54, 1.807) is 24.3 Å². The number of carbonyl (C=O) groups excluding carboxylic acids is 6. The second-order valence-corrected chi connectivity index (χ2v) is 9.53. The van der Waals surface area contributed by atoms with Crippen LogP contribution in [0.15, 0.2) is 24.3 Å². The molecule has 15 nitrogen and oxygen atoms in total. The molecule has 3 amide bonds. The highest BCUT2D eigenvalue weighted by molar-refractivity contribution is 6.21. The Morgan fingerprint density at radius 1 is 0.810 bits per heavy atom. The molecule has 2 aliphatic rings. The molecule has 1 aromatic carbocycles. The van der Waals surface area contributed by atoms with Crippen LogP contribution < -0.4 is 0 Å². The Labute approximate surface area is 241 Å². The van der Waals surface area contributed by atoms with E-state index in [-0.39, 0.29) is 26.4 Å². The van der Waals surface area contributed by atoms with Crippen LogP contribution in [-0.4, -0.2) is 123 Å². The van der Waals surface area contributed by atoms with Crippen molar-refractivity contribution in [3.8, 4) is 0 Å². The highest BCUT2D eigenvalue weighted by Gasteiger charge is 2.53. The first-order chi connectivity index (χ1) is 19.9. The highest BCUT2D eigenvalue weighted by Crippen LogP contribution is 2.30. The molecule has 0 radical (unpaired) electrons. The summed E-state index contributed by atoms with van der Waals surface area (Å²) in [4.78, 5) is 75.0. The molecular weight excluding hydrogens is 560 g/mol. The number of nitrogens with zero attached hydrogens (tertiary/aromatic N) is 2. The Morgan fingerprint density at radius 2 is 1.40 bits per heavy atom. The zero-order valence-electron chi connectivity index (χ0n) is 23.9. The van der Waals surface area contributed by atoms with Crippen LogP contribution >= 0.6 is 0 Å². The number of rotatable bonds is 12. The third kappa shape index (κ3) is 8.24. The van der Waals surface area contributed by atoms with Crippen molar-refractivity contribution in [3.63, 3.8) is 0 Å². The van der Waals surface area contributed by atoms with Crippen LogP contribution in [0, 0.1) is 0 Å². The van der Waals surface area contributed by atoms with E-state index < -0.39 is 73.1 Å². The highest BCUT2D eigenvalue weighted by atomic mass is 16.7. The number of hydrogen-bond acceptors (Lipinski definition) is 13. The molecule has 5 atom stereocenters. The minimum absolute atomic E-state index is 0.0123. The monoisotopic (exact) mass is 594 g/mol. The van der Waals surface area contributed by atoms with Gasteiger partial charge in [-0.1, -0.05) is 12.1 Å². The first kappa shape index (κ1) is 32.4. The number of carbonyl (C=O) groups is 6. The third-order valence-electron chi connectivity index (χ3n) is 6.10. The summed E-state index contributed by atoms with van der Waals surface area (Å²) in [5.41, 5.74) is 0.660. The number of esters is 3. The predicted octanol–water partition coefficient (Wildman–Crippen LogP) is 0.534. The molecule has 0 aliphatic carbocycles. The molecule has 42 heavy (non-hydrogen) atoms. The SMILES string of the molecule is CC(=O)OC[C@H]1O[C@H](OCCOCCN2C(=O)c3ccccc3C2=O)[C@@H](OC(=O)N(C)C)[C@@H](OC(C)=O)[C@@H]1OC(C)=O. The van der Waals surface area contributed by atoms with Crippen molar-refractivity contribution in [3.05, 3.63) is 35.4 Å². The van der Waals surface area contributed by atoms with Gasteiger partial charge in [-0.3, -0.25) is 28.9 Å². The van der Waals surface area contributed by atoms with Crippen LogP contribution in [0.25, 0.3) is 0 Å². The summed E-state index contributed by atoms with van der Waals surface area (Å²) < 4.78 is 38.5. The lowest BCUT2D eigenvalue weighted by atomic mass is 9.98. The smallest absolute Gasteiger partial charge is 0.409 e. The molecule has 0 aromatic heterocycles. The number of imide groups is 1. The minimum Gasteiger partial charge on any atom is -0.463 e. The number of hydrogen-bond donors (Lipinski definition) is 0. The van der Waals surface area contributed by atoms with E-state index in [4.69, 9.17) is 33.2 Å². The van der Waals surface area contributed by atoms with E-state index >= 15 is 0 Å². The molecule has 0 unspecified atom stereocenters. The molecule has 0 bridgehead atoms. The predicted molar refractivity (Wildman–Crippen MR) is 139 cm³/mol. The minimum atomic E-state index is -1.40. The van der Waals surface area contributed by atoms with Crippen LogP contribution in [0.1, 0.15) is 41.5 Å². The lowest BCUT2D eigenvalue weighted by Gasteiger charge is -2.44. The van der Waals surface area contributed by atoms with Crippen molar-refractivity contribution >= 4 is 35.8 Å². The summed E-state index contributed by atoms with van der Waals surface area (Å²) >= 11 is 0. The van der Waals surface area contributed by atoms with Gasteiger partial charge < -0.3 is 38.1 Å². The van der Waals surface area contributed by atoms with Gasteiger partial charge in [-0.25, -0.2) is 4.79 Å². The van der Waals surface area contributed by atoms with Crippen LogP contribution in [-0.2, 0) is 47.5 Å². The maximum Gasteiger partial charge on any atom is 0.409 e. The van der Waals surface area contributed by atoms with Gasteiger partial charge in [0.1, 0.15) is 12.7 Å². The molecular formula is C27H34N2O13. The average molecular weight is 595 g/mol. The number of benzene rings is 1. The molecule has 1 saturated heterocycles. The third-order valence-corrected chi connectivity index (χ3v) is 6.10. The van der Waals surface area contributed by atoms with E-state index in [1.807, 2.05) is 0 Å². The van der Waals surface area contributed by atoms with Gasteiger partial charge in [0.05, 0.1) is 37.5 Å². The summed E-state index contributed by atoms with van der Waals surface area (Å²) in [7, 11) is 2.86. The van der Waals surface area contributed by atoms with Crippen LogP contribution in [0.4, 0.5) is 4.79 Å². The fraction of sp³-hybridized carbons (Fsp3) is 0.556. The molecule has 15 heteroatoms. The maximum atomic E-state index is 12.5. The molecule has 0 spiro atoms. The van der Waals surface area contributed by atoms with E-state index in [1.165, 1.54) is 21.0 Å². The van der Waals surface area contributed by atoms with Gasteiger partial charge in [0.15, 0.2) is 24.6 Å². The lowest BCUT2D eigenvalue weighted by molar-refractivity contribution is -0.306. The van der Waals surface area contributed by atoms with Gasteiger partial charge >= 0.3 is 24.0 Å². The second kappa shape index (κ2) is 14.7. The van der Waals surface area contributed by atoms with Gasteiger partial charge in [-0.05, 0) is 12.1 Å². The van der Waals surface area contributed by atoms with Crippen molar-refractivity contribution in [2.45, 2.75) is 51.5 Å². The van der Waals surface area contributed by atoms with Crippen LogP contribution in [0.5, 0.6) is 0 Å². The summed E-state index contributed by atoms with van der Waals surface area (Å²) in [6.45, 7) is 2.88. The first-order valence-corrected chi connectivity index (χ1v) is 13.1. The fourth-order valence-corrected chi connectivity index (χ4v) is 4.28. The Hall–Kier alpha value is -4.08. The molecule has 2 aliphatic heterocycles. The number of amides is 3. The normalized spacial score (nSPS) is 23.2. The van der Waals surface area contributed by atoms with Crippen molar-refractivity contribution in [1.29, 1.82) is 0 Å². The van der Waals surface area contributed by atoms with Gasteiger partial charge in [0.25, 0.3) is 11.8 Å². The molecule has 0 saturated carbocycles. The quantitative estimate of drug-likeness (QED) is 0.142. The molecule has 1 aromatic rings. The maximum absolute atomic E-state index is 12.5. The Morgan fingerprint density at radius 3 is 1.95 bits per heavy atom. The standard InChI is InChI=1S/C27H34N2O13/c1-15(30)38-14-20-21(39-16(2)31)22(40-17(3)32)23(42-27(35)28(4)5)26(41-20)37-13-12-36-11-10-29-24(33)18-8-6-7-9-19(18)25(29)34/h6-9,20-23,26H,10-14H2,1-5H3/t20-,21-,22+,23+,26+/m1/s1. The summed E-state index contributed by atoms with van der Waals surface area (Å²) in [5, 5.41) is 0. The van der Waals surface area contributed by atoms with Crippen molar-refractivity contribution in [2.24, 2.45) is 0 Å². The summed E-state index contributed by atoms with van der Waals surface area (Å²) in [6.07, 6.45) is -7.46. The number of ether oxygens (including phenoxy) is 7. The van der Waals surface area contributed by atoms with E-state index in [0.717, 1.165) is 23.6 Å². The molecule has 0 N–H and O–H groups in total. The van der Waals surface area contributed by atoms with Crippen molar-refractivity contribution < 1.29 is 61.9 Å². The fourth-order valence-electron chi connectivity index (χ4n) is 4.28. The summed E-state index contributed by atoms with van der Waals surface area (Å²) in [5.74, 6) is -2.98. The second-order valence-electron chi connectivity index (χ2n) is 9.53. The topological polar surface area (TPSA) is 174 Å². The van der Waals surface area contributed by atoms with E-state index in [0.29, 0.717) is 11.1 Å². The van der Waals surface area contributed by atoms with E-state index in [9.17, 15) is 28.8 Å². The van der Waals surface area contributed by atoms with Crippen LogP contribution in [0.3, 0.4) is 0 Å².